The van der Waals surface area contributed by atoms with Crippen molar-refractivity contribution in [1.82, 2.24) is 4.98 Å². The maximum Gasteiger partial charge on any atom is 0.270 e. The number of hydrogen-bond acceptors (Lipinski definition) is 6. The molecule has 1 aromatic heterocycles. The van der Waals surface area contributed by atoms with E-state index in [1.807, 2.05) is 12.1 Å². The number of aromatic nitrogens is 1. The Kier molecular flexibility index (Phi) is 5.56. The number of pyridine rings is 1. The third-order valence-corrected chi connectivity index (χ3v) is 4.85. The van der Waals surface area contributed by atoms with Crippen LogP contribution in [0.1, 0.15) is 23.2 Å². The second-order valence-corrected chi connectivity index (χ2v) is 6.90. The number of para-hydroxylation sites is 1. The Balaban J connectivity index is 1.56. The van der Waals surface area contributed by atoms with E-state index in [4.69, 9.17) is 4.74 Å². The lowest BCUT2D eigenvalue weighted by atomic mass is 10.1. The molecule has 3 aromatic rings. The third-order valence-electron chi connectivity index (χ3n) is 4.85. The molecular weight excluding hydrogens is 384 g/mol. The first-order valence-corrected chi connectivity index (χ1v) is 9.64. The Bertz CT molecular complexity index is 1050. The van der Waals surface area contributed by atoms with E-state index in [0.717, 1.165) is 31.6 Å². The molecule has 1 N–H and O–H groups in total. The second kappa shape index (κ2) is 8.60. The summed E-state index contributed by atoms with van der Waals surface area (Å²) in [5.74, 6) is 0.567. The number of hydrogen-bond donors (Lipinski definition) is 1. The first kappa shape index (κ1) is 19.4. The first-order valence-electron chi connectivity index (χ1n) is 9.64. The zero-order valence-electron chi connectivity index (χ0n) is 16.2. The van der Waals surface area contributed by atoms with Gasteiger partial charge in [0.1, 0.15) is 17.3 Å². The van der Waals surface area contributed by atoms with Crippen molar-refractivity contribution in [3.05, 3.63) is 82.5 Å². The van der Waals surface area contributed by atoms with Crippen LogP contribution in [0.25, 0.3) is 0 Å². The minimum Gasteiger partial charge on any atom is -0.457 e. The van der Waals surface area contributed by atoms with Crippen LogP contribution < -0.4 is 15.0 Å². The average Bonchev–Trinajstić information content (AvgIpc) is 3.30. The summed E-state index contributed by atoms with van der Waals surface area (Å²) < 4.78 is 5.78. The van der Waals surface area contributed by atoms with Crippen molar-refractivity contribution in [3.8, 4) is 11.5 Å². The van der Waals surface area contributed by atoms with E-state index in [-0.39, 0.29) is 17.0 Å². The Morgan fingerprint density at radius 3 is 2.50 bits per heavy atom. The highest BCUT2D eigenvalue weighted by atomic mass is 16.6. The molecule has 0 spiro atoms. The number of nitrogens with zero attached hydrogens (tertiary/aromatic N) is 3. The molecule has 8 heteroatoms. The topological polar surface area (TPSA) is 97.6 Å². The third kappa shape index (κ3) is 4.38. The number of carbonyl (C=O) groups is 1. The molecule has 0 bridgehead atoms. The summed E-state index contributed by atoms with van der Waals surface area (Å²) >= 11 is 0. The summed E-state index contributed by atoms with van der Waals surface area (Å²) in [5, 5.41) is 13.9. The number of anilines is 2. The van der Waals surface area contributed by atoms with Gasteiger partial charge >= 0.3 is 0 Å². The number of nitro groups is 1. The Morgan fingerprint density at radius 2 is 1.83 bits per heavy atom. The minimum absolute atomic E-state index is 0.0541. The maximum absolute atomic E-state index is 12.9. The normalized spacial score (nSPS) is 13.1. The van der Waals surface area contributed by atoms with Crippen molar-refractivity contribution >= 4 is 23.1 Å². The van der Waals surface area contributed by atoms with Crippen LogP contribution in [0.4, 0.5) is 17.2 Å². The summed E-state index contributed by atoms with van der Waals surface area (Å²) in [6, 6.07) is 16.5. The van der Waals surface area contributed by atoms with Crippen LogP contribution in [0.3, 0.4) is 0 Å². The molecule has 0 aliphatic carbocycles. The van der Waals surface area contributed by atoms with Crippen molar-refractivity contribution in [2.45, 2.75) is 12.8 Å². The maximum atomic E-state index is 12.9. The molecule has 2 aromatic carbocycles. The summed E-state index contributed by atoms with van der Waals surface area (Å²) in [4.78, 5) is 30.1. The van der Waals surface area contributed by atoms with E-state index >= 15 is 0 Å². The van der Waals surface area contributed by atoms with Gasteiger partial charge in [-0.05, 0) is 43.2 Å². The van der Waals surface area contributed by atoms with Gasteiger partial charge < -0.3 is 15.0 Å². The molecule has 1 amide bonds. The number of ether oxygens (including phenoxy) is 1. The smallest absolute Gasteiger partial charge is 0.270 e. The number of non-ortho nitro benzene ring substituents is 1. The van der Waals surface area contributed by atoms with Gasteiger partial charge in [-0.3, -0.25) is 14.9 Å². The van der Waals surface area contributed by atoms with Gasteiger partial charge in [0.2, 0.25) is 0 Å². The summed E-state index contributed by atoms with van der Waals surface area (Å²) in [6.45, 7) is 2.00. The number of rotatable bonds is 6. The molecule has 30 heavy (non-hydrogen) atoms. The van der Waals surface area contributed by atoms with Crippen LogP contribution in [0.2, 0.25) is 0 Å². The van der Waals surface area contributed by atoms with E-state index in [9.17, 15) is 14.9 Å². The highest BCUT2D eigenvalue weighted by Crippen LogP contribution is 2.29. The van der Waals surface area contributed by atoms with Gasteiger partial charge in [-0.1, -0.05) is 18.2 Å². The van der Waals surface area contributed by atoms with Gasteiger partial charge in [0.15, 0.2) is 0 Å². The lowest BCUT2D eigenvalue weighted by molar-refractivity contribution is -0.384. The number of benzene rings is 2. The summed E-state index contributed by atoms with van der Waals surface area (Å²) in [7, 11) is 0. The molecule has 2 heterocycles. The molecule has 1 aliphatic rings. The largest absolute Gasteiger partial charge is 0.457 e. The molecule has 0 unspecified atom stereocenters. The van der Waals surface area contributed by atoms with Gasteiger partial charge in [-0.2, -0.15) is 0 Å². The van der Waals surface area contributed by atoms with Crippen LogP contribution in [0.15, 0.2) is 66.9 Å². The molecular formula is C22H20N4O4. The van der Waals surface area contributed by atoms with E-state index < -0.39 is 10.8 Å². The molecule has 0 atom stereocenters. The molecule has 1 saturated heterocycles. The highest BCUT2D eigenvalue weighted by molar-refractivity contribution is 6.06. The van der Waals surface area contributed by atoms with Gasteiger partial charge in [0, 0.05) is 25.2 Å². The standard InChI is InChI=1S/C22H20N4O4/c27-22(24-21-11-9-17(15-23-21)25-12-4-5-13-25)19-14-16(26(28)29)8-10-20(19)30-18-6-2-1-3-7-18/h1-3,6-11,14-15H,4-5,12-13H2,(H,23,24,27). The molecule has 4 rings (SSSR count). The van der Waals surface area contributed by atoms with E-state index in [0.29, 0.717) is 11.6 Å². The summed E-state index contributed by atoms with van der Waals surface area (Å²) in [5.41, 5.74) is 0.866. The number of amides is 1. The SMILES string of the molecule is O=C(Nc1ccc(N2CCCC2)cn1)c1cc([N+](=O)[O-])ccc1Oc1ccccc1. The fourth-order valence-electron chi connectivity index (χ4n) is 3.32. The van der Waals surface area contributed by atoms with Crippen LogP contribution in [0, 0.1) is 10.1 Å². The molecule has 1 fully saturated rings. The zero-order chi connectivity index (χ0) is 20.9. The second-order valence-electron chi connectivity index (χ2n) is 6.90. The Labute approximate surface area is 173 Å². The molecule has 0 saturated carbocycles. The van der Waals surface area contributed by atoms with Crippen molar-refractivity contribution in [2.24, 2.45) is 0 Å². The fraction of sp³-hybridized carbons (Fsp3) is 0.182. The van der Waals surface area contributed by atoms with E-state index in [1.165, 1.54) is 18.2 Å². The van der Waals surface area contributed by atoms with E-state index in [2.05, 4.69) is 15.2 Å². The van der Waals surface area contributed by atoms with Gasteiger partial charge in [-0.15, -0.1) is 0 Å². The molecule has 1 aliphatic heterocycles. The number of nitrogens with one attached hydrogen (secondary N) is 1. The van der Waals surface area contributed by atoms with Gasteiger partial charge in [0.05, 0.1) is 22.4 Å². The van der Waals surface area contributed by atoms with Crippen molar-refractivity contribution in [3.63, 3.8) is 0 Å². The molecule has 152 valence electrons. The van der Waals surface area contributed by atoms with E-state index in [1.54, 1.807) is 36.5 Å². The van der Waals surface area contributed by atoms with Crippen LogP contribution in [0.5, 0.6) is 11.5 Å². The number of nitro benzene ring substituents is 1. The highest BCUT2D eigenvalue weighted by Gasteiger charge is 2.19. The lowest BCUT2D eigenvalue weighted by Crippen LogP contribution is -2.18. The average molecular weight is 404 g/mol. The van der Waals surface area contributed by atoms with Gasteiger partial charge in [-0.25, -0.2) is 4.98 Å². The zero-order valence-corrected chi connectivity index (χ0v) is 16.2. The predicted molar refractivity (Wildman–Crippen MR) is 113 cm³/mol. The fourth-order valence-corrected chi connectivity index (χ4v) is 3.32. The van der Waals surface area contributed by atoms with Gasteiger partial charge in [0.25, 0.3) is 11.6 Å². The van der Waals surface area contributed by atoms with Crippen LogP contribution in [-0.4, -0.2) is 28.9 Å². The quantitative estimate of drug-likeness (QED) is 0.475. The Morgan fingerprint density at radius 1 is 1.07 bits per heavy atom. The van der Waals surface area contributed by atoms with Crippen molar-refractivity contribution in [1.29, 1.82) is 0 Å². The van der Waals surface area contributed by atoms with Crippen molar-refractivity contribution < 1.29 is 14.5 Å². The van der Waals surface area contributed by atoms with Crippen molar-refractivity contribution in [2.75, 3.05) is 23.3 Å². The monoisotopic (exact) mass is 404 g/mol. The predicted octanol–water partition coefficient (Wildman–Crippen LogP) is 4.63. The Hall–Kier alpha value is -3.94. The van der Waals surface area contributed by atoms with Crippen LogP contribution >= 0.6 is 0 Å². The lowest BCUT2D eigenvalue weighted by Gasteiger charge is -2.17. The number of carbonyl (C=O) groups excluding carboxylic acids is 1. The summed E-state index contributed by atoms with van der Waals surface area (Å²) in [6.07, 6.45) is 4.04. The minimum atomic E-state index is -0.549. The molecule has 8 nitrogen and oxygen atoms in total. The molecule has 0 radical (unpaired) electrons. The first-order chi connectivity index (χ1) is 14.6. The van der Waals surface area contributed by atoms with Crippen LogP contribution in [-0.2, 0) is 0 Å².